The number of carbonyl (C=O) groups excluding carboxylic acids is 1. The van der Waals surface area contributed by atoms with Gasteiger partial charge >= 0.3 is 0 Å². The Morgan fingerprint density at radius 2 is 1.76 bits per heavy atom. The van der Waals surface area contributed by atoms with Gasteiger partial charge in [-0.1, -0.05) is 6.07 Å². The van der Waals surface area contributed by atoms with Crippen LogP contribution in [0, 0.1) is 11.6 Å². The average Bonchev–Trinajstić information content (AvgIpc) is 2.73. The Balaban J connectivity index is 1.79. The number of aromatic nitrogens is 1. The molecule has 150 valence electrons. The van der Waals surface area contributed by atoms with E-state index in [9.17, 15) is 18.7 Å². The van der Waals surface area contributed by atoms with E-state index in [1.807, 2.05) is 0 Å². The molecule has 4 N–H and O–H groups in total. The zero-order valence-electron chi connectivity index (χ0n) is 15.7. The van der Waals surface area contributed by atoms with Crippen LogP contribution < -0.4 is 11.1 Å². The highest BCUT2D eigenvalue weighted by molar-refractivity contribution is 6.01. The molecule has 0 saturated heterocycles. The highest BCUT2D eigenvalue weighted by Crippen LogP contribution is 2.34. The third kappa shape index (κ3) is 3.78. The van der Waals surface area contributed by atoms with Gasteiger partial charge in [-0.3, -0.25) is 9.78 Å². The Labute approximate surface area is 166 Å². The Kier molecular flexibility index (Phi) is 5.15. The Hall–Kier alpha value is -3.06. The molecular formula is C22H21F2N3O2. The number of nitrogens with two attached hydrogens (primary N) is 1. The van der Waals surface area contributed by atoms with Gasteiger partial charge in [0.05, 0.1) is 16.8 Å². The predicted molar refractivity (Wildman–Crippen MR) is 108 cm³/mol. The third-order valence-electron chi connectivity index (χ3n) is 5.49. The lowest BCUT2D eigenvalue weighted by Crippen LogP contribution is -2.33. The van der Waals surface area contributed by atoms with Crippen LogP contribution >= 0.6 is 0 Å². The zero-order valence-corrected chi connectivity index (χ0v) is 15.7. The van der Waals surface area contributed by atoms with Crippen molar-refractivity contribution in [2.45, 2.75) is 37.8 Å². The van der Waals surface area contributed by atoms with E-state index >= 15 is 0 Å². The van der Waals surface area contributed by atoms with Crippen molar-refractivity contribution in [3.8, 4) is 16.9 Å². The van der Waals surface area contributed by atoms with Crippen molar-refractivity contribution < 1.29 is 18.7 Å². The quantitative estimate of drug-likeness (QED) is 0.569. The standard InChI is InChI=1S/C22H21F2N3O2/c23-18-8-13(9-19(24)22(18)29)12-1-6-20-17(7-12)21(14(11-28)10-26-20)27-16-4-2-15(25)3-5-16/h1,6-11,15-16,29H,2-5,25H2,(H,26,27). The van der Waals surface area contributed by atoms with Crippen LogP contribution in [0.2, 0.25) is 0 Å². The molecular weight excluding hydrogens is 376 g/mol. The lowest BCUT2D eigenvalue weighted by atomic mass is 9.91. The van der Waals surface area contributed by atoms with Gasteiger partial charge in [0.15, 0.2) is 23.7 Å². The van der Waals surface area contributed by atoms with E-state index in [0.717, 1.165) is 44.1 Å². The van der Waals surface area contributed by atoms with Crippen LogP contribution in [0.4, 0.5) is 14.5 Å². The molecule has 1 aromatic heterocycles. The number of aldehydes is 1. The topological polar surface area (TPSA) is 88.2 Å². The molecule has 1 fully saturated rings. The number of aromatic hydroxyl groups is 1. The summed E-state index contributed by atoms with van der Waals surface area (Å²) < 4.78 is 27.6. The van der Waals surface area contributed by atoms with E-state index in [4.69, 9.17) is 5.73 Å². The number of hydrogen-bond donors (Lipinski definition) is 3. The smallest absolute Gasteiger partial charge is 0.187 e. The van der Waals surface area contributed by atoms with Crippen molar-refractivity contribution in [3.05, 3.63) is 53.7 Å². The summed E-state index contributed by atoms with van der Waals surface area (Å²) in [6.45, 7) is 0. The monoisotopic (exact) mass is 397 g/mol. The van der Waals surface area contributed by atoms with Gasteiger partial charge in [-0.05, 0) is 61.1 Å². The van der Waals surface area contributed by atoms with Crippen LogP contribution in [0.5, 0.6) is 5.75 Å². The Bertz CT molecular complexity index is 1060. The molecule has 0 spiro atoms. The second kappa shape index (κ2) is 7.75. The van der Waals surface area contributed by atoms with Crippen LogP contribution in [0.15, 0.2) is 36.5 Å². The molecule has 0 unspecified atom stereocenters. The molecule has 0 aliphatic heterocycles. The second-order valence-electron chi connectivity index (χ2n) is 7.48. The predicted octanol–water partition coefficient (Wildman–Crippen LogP) is 4.38. The van der Waals surface area contributed by atoms with Gasteiger partial charge in [0.2, 0.25) is 0 Å². The molecule has 29 heavy (non-hydrogen) atoms. The summed E-state index contributed by atoms with van der Waals surface area (Å²) in [5, 5.41) is 13.5. The number of halogens is 2. The summed E-state index contributed by atoms with van der Waals surface area (Å²) in [5.41, 5.74) is 8.56. The molecule has 0 amide bonds. The summed E-state index contributed by atoms with van der Waals surface area (Å²) in [7, 11) is 0. The Morgan fingerprint density at radius 1 is 1.07 bits per heavy atom. The number of hydrogen-bond acceptors (Lipinski definition) is 5. The lowest BCUT2D eigenvalue weighted by Gasteiger charge is -2.28. The van der Waals surface area contributed by atoms with Gasteiger partial charge in [0.1, 0.15) is 0 Å². The summed E-state index contributed by atoms with van der Waals surface area (Å²) in [5.74, 6) is -3.06. The summed E-state index contributed by atoms with van der Waals surface area (Å²) in [6.07, 6.45) is 5.89. The highest BCUT2D eigenvalue weighted by atomic mass is 19.1. The van der Waals surface area contributed by atoms with Crippen LogP contribution in [0.3, 0.4) is 0 Å². The van der Waals surface area contributed by atoms with Crippen molar-refractivity contribution in [1.82, 2.24) is 4.98 Å². The number of anilines is 1. The molecule has 1 aliphatic rings. The van der Waals surface area contributed by atoms with E-state index < -0.39 is 17.4 Å². The second-order valence-corrected chi connectivity index (χ2v) is 7.48. The summed E-state index contributed by atoms with van der Waals surface area (Å²) >= 11 is 0. The first kappa shape index (κ1) is 19.3. The van der Waals surface area contributed by atoms with Gasteiger partial charge in [-0.15, -0.1) is 0 Å². The number of pyridine rings is 1. The van der Waals surface area contributed by atoms with Crippen LogP contribution in [-0.2, 0) is 0 Å². The molecule has 2 aromatic carbocycles. The van der Waals surface area contributed by atoms with Crippen molar-refractivity contribution in [1.29, 1.82) is 0 Å². The maximum Gasteiger partial charge on any atom is 0.187 e. The third-order valence-corrected chi connectivity index (χ3v) is 5.49. The number of nitrogens with zero attached hydrogens (tertiary/aromatic N) is 1. The molecule has 0 bridgehead atoms. The van der Waals surface area contributed by atoms with Gasteiger partial charge in [-0.2, -0.15) is 0 Å². The SMILES string of the molecule is NC1CCC(Nc2c(C=O)cnc3ccc(-c4cc(F)c(O)c(F)c4)cc23)CC1. The van der Waals surface area contributed by atoms with Crippen molar-refractivity contribution in [2.75, 3.05) is 5.32 Å². The fourth-order valence-corrected chi connectivity index (χ4v) is 3.84. The minimum atomic E-state index is -1.03. The number of carbonyl (C=O) groups is 1. The number of rotatable bonds is 4. The fourth-order valence-electron chi connectivity index (χ4n) is 3.84. The van der Waals surface area contributed by atoms with Crippen LogP contribution in [-0.4, -0.2) is 28.5 Å². The average molecular weight is 397 g/mol. The zero-order chi connectivity index (χ0) is 20.5. The number of nitrogens with one attached hydrogen (secondary N) is 1. The normalized spacial score (nSPS) is 19.3. The summed E-state index contributed by atoms with van der Waals surface area (Å²) in [6, 6.07) is 7.73. The first-order valence-electron chi connectivity index (χ1n) is 9.54. The maximum atomic E-state index is 13.8. The molecule has 4 rings (SSSR count). The minimum Gasteiger partial charge on any atom is -0.503 e. The van der Waals surface area contributed by atoms with Gasteiger partial charge in [0, 0.05) is 23.7 Å². The lowest BCUT2D eigenvalue weighted by molar-refractivity contribution is 0.112. The molecule has 7 heteroatoms. The van der Waals surface area contributed by atoms with Gasteiger partial charge < -0.3 is 16.2 Å². The van der Waals surface area contributed by atoms with Crippen molar-refractivity contribution in [3.63, 3.8) is 0 Å². The van der Waals surface area contributed by atoms with Crippen LogP contribution in [0.25, 0.3) is 22.0 Å². The number of phenols is 1. The minimum absolute atomic E-state index is 0.186. The number of phenolic OH excluding ortho intramolecular Hbond substituents is 1. The van der Waals surface area contributed by atoms with E-state index in [0.29, 0.717) is 27.7 Å². The molecule has 3 aromatic rings. The van der Waals surface area contributed by atoms with E-state index in [1.165, 1.54) is 6.20 Å². The van der Waals surface area contributed by atoms with E-state index in [2.05, 4.69) is 10.3 Å². The van der Waals surface area contributed by atoms with Gasteiger partial charge in [0.25, 0.3) is 0 Å². The molecule has 1 aliphatic carbocycles. The van der Waals surface area contributed by atoms with Crippen molar-refractivity contribution in [2.24, 2.45) is 5.73 Å². The molecule has 0 atom stereocenters. The highest BCUT2D eigenvalue weighted by Gasteiger charge is 2.21. The van der Waals surface area contributed by atoms with Crippen molar-refractivity contribution >= 4 is 22.9 Å². The number of fused-ring (bicyclic) bond motifs is 1. The molecule has 1 heterocycles. The largest absolute Gasteiger partial charge is 0.503 e. The summed E-state index contributed by atoms with van der Waals surface area (Å²) in [4.78, 5) is 15.9. The first-order chi connectivity index (χ1) is 14.0. The van der Waals surface area contributed by atoms with Gasteiger partial charge in [-0.25, -0.2) is 8.78 Å². The van der Waals surface area contributed by atoms with Crippen LogP contribution in [0.1, 0.15) is 36.0 Å². The fraction of sp³-hybridized carbons (Fsp3) is 0.273. The maximum absolute atomic E-state index is 13.8. The molecule has 1 saturated carbocycles. The Morgan fingerprint density at radius 3 is 2.41 bits per heavy atom. The molecule has 0 radical (unpaired) electrons. The van der Waals surface area contributed by atoms with E-state index in [1.54, 1.807) is 18.2 Å². The van der Waals surface area contributed by atoms with E-state index in [-0.39, 0.29) is 17.6 Å². The first-order valence-corrected chi connectivity index (χ1v) is 9.54. The number of benzene rings is 2. The molecule has 5 nitrogen and oxygen atoms in total.